The van der Waals surface area contributed by atoms with Crippen LogP contribution in [0.5, 0.6) is 0 Å². The van der Waals surface area contributed by atoms with Gasteiger partial charge in [0.05, 0.1) is 0 Å². The Balaban J connectivity index is 1.58. The molecule has 1 amide bonds. The molecular weight excluding hydrogens is 336 g/mol. The summed E-state index contributed by atoms with van der Waals surface area (Å²) >= 11 is 0. The lowest BCUT2D eigenvalue weighted by Gasteiger charge is -2.09. The quantitative estimate of drug-likeness (QED) is 0.659. The molecule has 0 fully saturated rings. The summed E-state index contributed by atoms with van der Waals surface area (Å²) in [7, 11) is 0. The summed E-state index contributed by atoms with van der Waals surface area (Å²) in [5.74, 6) is 0.881. The lowest BCUT2D eigenvalue weighted by Crippen LogP contribution is -2.26. The predicted molar refractivity (Wildman–Crippen MR) is 108 cm³/mol. The van der Waals surface area contributed by atoms with Gasteiger partial charge in [-0.3, -0.25) is 4.79 Å². The van der Waals surface area contributed by atoms with Gasteiger partial charge in [-0.1, -0.05) is 56.3 Å². The normalized spacial score (nSPS) is 10.6. The van der Waals surface area contributed by atoms with Crippen LogP contribution < -0.4 is 10.6 Å². The van der Waals surface area contributed by atoms with Gasteiger partial charge in [0, 0.05) is 18.3 Å². The number of rotatable bonds is 7. The van der Waals surface area contributed by atoms with E-state index in [2.05, 4.69) is 46.6 Å². The number of amides is 1. The Bertz CT molecular complexity index is 876. The summed E-state index contributed by atoms with van der Waals surface area (Å²) in [4.78, 5) is 20.6. The minimum atomic E-state index is -0.202. The van der Waals surface area contributed by atoms with Crippen molar-refractivity contribution in [1.82, 2.24) is 15.3 Å². The first-order valence-electron chi connectivity index (χ1n) is 9.13. The Labute approximate surface area is 159 Å². The number of aromatic nitrogens is 2. The molecule has 27 heavy (non-hydrogen) atoms. The molecule has 2 N–H and O–H groups in total. The molecule has 5 nitrogen and oxygen atoms in total. The highest BCUT2D eigenvalue weighted by Crippen LogP contribution is 2.19. The molecule has 3 rings (SSSR count). The molecule has 5 heteroatoms. The van der Waals surface area contributed by atoms with E-state index in [0.717, 1.165) is 12.1 Å². The number of carbonyl (C=O) groups is 1. The lowest BCUT2D eigenvalue weighted by atomic mass is 10.0. The zero-order valence-electron chi connectivity index (χ0n) is 15.6. The highest BCUT2D eigenvalue weighted by molar-refractivity contribution is 5.92. The SMILES string of the molecule is CC(C)c1ccc(Nc2cc(C(=O)NCCc3ccccc3)ncn2)cc1. The largest absolute Gasteiger partial charge is 0.350 e. The molecule has 0 saturated carbocycles. The van der Waals surface area contributed by atoms with E-state index in [1.807, 2.05) is 42.5 Å². The second-order valence-electron chi connectivity index (χ2n) is 6.68. The maximum atomic E-state index is 12.3. The van der Waals surface area contributed by atoms with Crippen molar-refractivity contribution in [1.29, 1.82) is 0 Å². The number of hydrogen-bond acceptors (Lipinski definition) is 4. The molecule has 0 aliphatic rings. The summed E-state index contributed by atoms with van der Waals surface area (Å²) in [6.45, 7) is 4.89. The van der Waals surface area contributed by atoms with Gasteiger partial charge in [0.15, 0.2) is 0 Å². The summed E-state index contributed by atoms with van der Waals surface area (Å²) < 4.78 is 0. The number of nitrogens with zero attached hydrogens (tertiary/aromatic N) is 2. The van der Waals surface area contributed by atoms with E-state index in [0.29, 0.717) is 24.0 Å². The highest BCUT2D eigenvalue weighted by Gasteiger charge is 2.09. The average Bonchev–Trinajstić information content (AvgIpc) is 2.69. The van der Waals surface area contributed by atoms with E-state index in [1.165, 1.54) is 17.5 Å². The Hall–Kier alpha value is -3.21. The zero-order valence-corrected chi connectivity index (χ0v) is 15.6. The second kappa shape index (κ2) is 8.94. The number of hydrogen-bond donors (Lipinski definition) is 2. The summed E-state index contributed by atoms with van der Waals surface area (Å²) in [5.41, 5.74) is 3.74. The molecule has 0 bridgehead atoms. The fourth-order valence-electron chi connectivity index (χ4n) is 2.70. The van der Waals surface area contributed by atoms with Gasteiger partial charge in [-0.15, -0.1) is 0 Å². The molecule has 0 aliphatic carbocycles. The third-order valence-corrected chi connectivity index (χ3v) is 4.29. The van der Waals surface area contributed by atoms with Crippen molar-refractivity contribution in [2.75, 3.05) is 11.9 Å². The molecule has 0 saturated heterocycles. The molecule has 138 valence electrons. The molecule has 3 aromatic rings. The van der Waals surface area contributed by atoms with Crippen LogP contribution in [0.15, 0.2) is 67.0 Å². The van der Waals surface area contributed by atoms with Crippen molar-refractivity contribution in [2.45, 2.75) is 26.2 Å². The Morgan fingerprint density at radius 3 is 2.44 bits per heavy atom. The molecule has 0 aliphatic heterocycles. The van der Waals surface area contributed by atoms with Gasteiger partial charge in [0.25, 0.3) is 5.91 Å². The van der Waals surface area contributed by atoms with Crippen molar-refractivity contribution < 1.29 is 4.79 Å². The van der Waals surface area contributed by atoms with Gasteiger partial charge in [-0.05, 0) is 35.6 Å². The standard InChI is InChI=1S/C22H24N4O/c1-16(2)18-8-10-19(11-9-18)26-21-14-20(24-15-25-21)22(27)23-13-12-17-6-4-3-5-7-17/h3-11,14-16H,12-13H2,1-2H3,(H,23,27)(H,24,25,26). The monoisotopic (exact) mass is 360 g/mol. The fraction of sp³-hybridized carbons (Fsp3) is 0.227. The van der Waals surface area contributed by atoms with E-state index in [4.69, 9.17) is 0 Å². The third-order valence-electron chi connectivity index (χ3n) is 4.29. The molecule has 0 unspecified atom stereocenters. The Kier molecular flexibility index (Phi) is 6.15. The molecule has 0 spiro atoms. The summed E-state index contributed by atoms with van der Waals surface area (Å²) in [6.07, 6.45) is 2.18. The van der Waals surface area contributed by atoms with Crippen LogP contribution in [-0.2, 0) is 6.42 Å². The predicted octanol–water partition coefficient (Wildman–Crippen LogP) is 4.32. The minimum absolute atomic E-state index is 0.202. The number of anilines is 2. The highest BCUT2D eigenvalue weighted by atomic mass is 16.1. The smallest absolute Gasteiger partial charge is 0.270 e. The lowest BCUT2D eigenvalue weighted by molar-refractivity contribution is 0.0949. The number of nitrogens with one attached hydrogen (secondary N) is 2. The van der Waals surface area contributed by atoms with Crippen LogP contribution in [0.4, 0.5) is 11.5 Å². The third kappa shape index (κ3) is 5.38. The zero-order chi connectivity index (χ0) is 19.1. The molecule has 1 heterocycles. The molecule has 0 radical (unpaired) electrons. The molecular formula is C22H24N4O. The first-order valence-corrected chi connectivity index (χ1v) is 9.13. The topological polar surface area (TPSA) is 66.9 Å². The van der Waals surface area contributed by atoms with Crippen LogP contribution in [0.3, 0.4) is 0 Å². The van der Waals surface area contributed by atoms with Gasteiger partial charge >= 0.3 is 0 Å². The number of benzene rings is 2. The van der Waals surface area contributed by atoms with Gasteiger partial charge in [0.2, 0.25) is 0 Å². The summed E-state index contributed by atoms with van der Waals surface area (Å²) in [5, 5.41) is 6.12. The molecule has 1 aromatic heterocycles. The first-order chi connectivity index (χ1) is 13.1. The number of carbonyl (C=O) groups excluding carboxylic acids is 1. The fourth-order valence-corrected chi connectivity index (χ4v) is 2.70. The maximum absolute atomic E-state index is 12.3. The van der Waals surface area contributed by atoms with Crippen molar-refractivity contribution in [3.63, 3.8) is 0 Å². The van der Waals surface area contributed by atoms with Crippen LogP contribution in [0, 0.1) is 0 Å². The minimum Gasteiger partial charge on any atom is -0.350 e. The van der Waals surface area contributed by atoms with Crippen LogP contribution in [0.25, 0.3) is 0 Å². The van der Waals surface area contributed by atoms with E-state index in [-0.39, 0.29) is 5.91 Å². The van der Waals surface area contributed by atoms with Gasteiger partial charge in [-0.2, -0.15) is 0 Å². The molecule has 2 aromatic carbocycles. The van der Waals surface area contributed by atoms with Crippen molar-refractivity contribution >= 4 is 17.4 Å². The summed E-state index contributed by atoms with van der Waals surface area (Å²) in [6, 6.07) is 19.9. The maximum Gasteiger partial charge on any atom is 0.270 e. The van der Waals surface area contributed by atoms with Gasteiger partial charge < -0.3 is 10.6 Å². The van der Waals surface area contributed by atoms with Crippen LogP contribution in [0.2, 0.25) is 0 Å². The van der Waals surface area contributed by atoms with Crippen molar-refractivity contribution in [3.05, 3.63) is 83.8 Å². The van der Waals surface area contributed by atoms with E-state index < -0.39 is 0 Å². The van der Waals surface area contributed by atoms with E-state index in [9.17, 15) is 4.79 Å². The van der Waals surface area contributed by atoms with Crippen LogP contribution in [-0.4, -0.2) is 22.4 Å². The first kappa shape index (κ1) is 18.6. The van der Waals surface area contributed by atoms with Gasteiger partial charge in [0.1, 0.15) is 17.8 Å². The van der Waals surface area contributed by atoms with E-state index >= 15 is 0 Å². The molecule has 0 atom stereocenters. The Morgan fingerprint density at radius 1 is 1.00 bits per heavy atom. The van der Waals surface area contributed by atoms with Crippen molar-refractivity contribution in [2.24, 2.45) is 0 Å². The van der Waals surface area contributed by atoms with Crippen LogP contribution >= 0.6 is 0 Å². The second-order valence-corrected chi connectivity index (χ2v) is 6.68. The Morgan fingerprint density at radius 2 is 1.74 bits per heavy atom. The van der Waals surface area contributed by atoms with Gasteiger partial charge in [-0.25, -0.2) is 9.97 Å². The van der Waals surface area contributed by atoms with Crippen molar-refractivity contribution in [3.8, 4) is 0 Å². The van der Waals surface area contributed by atoms with E-state index in [1.54, 1.807) is 6.07 Å². The van der Waals surface area contributed by atoms with Crippen LogP contribution in [0.1, 0.15) is 41.4 Å². The average molecular weight is 360 g/mol.